The van der Waals surface area contributed by atoms with Gasteiger partial charge < -0.3 is 20.4 Å². The van der Waals surface area contributed by atoms with E-state index in [-0.39, 0.29) is 12.6 Å². The standard InChI is InChI=1S/C8H15NO4/c10-3-6-8(13)7(12)5-1-4(11)2-9(5)6/h4-8,10-13H,1-3H2/t4-,5-,6-,7-,8+/m1/s1. The number of hydrogen-bond acceptors (Lipinski definition) is 5. The van der Waals surface area contributed by atoms with Crippen LogP contribution in [-0.4, -0.2) is 68.9 Å². The summed E-state index contributed by atoms with van der Waals surface area (Å²) in [5, 5.41) is 37.4. The number of aliphatic hydroxyl groups excluding tert-OH is 4. The Labute approximate surface area is 76.2 Å². The molecule has 2 aliphatic heterocycles. The molecule has 0 unspecified atom stereocenters. The topological polar surface area (TPSA) is 84.2 Å². The smallest absolute Gasteiger partial charge is 0.0991 e. The lowest BCUT2D eigenvalue weighted by Crippen LogP contribution is -2.40. The fraction of sp³-hybridized carbons (Fsp3) is 1.00. The molecule has 0 aliphatic carbocycles. The number of aliphatic hydroxyl groups is 4. The lowest BCUT2D eigenvalue weighted by Gasteiger charge is -2.22. The number of nitrogens with zero attached hydrogens (tertiary/aromatic N) is 1. The summed E-state index contributed by atoms with van der Waals surface area (Å²) in [4.78, 5) is 1.79. The third-order valence-electron chi connectivity index (χ3n) is 3.11. The molecule has 0 aromatic carbocycles. The summed E-state index contributed by atoms with van der Waals surface area (Å²) in [5.74, 6) is 0. The van der Waals surface area contributed by atoms with Crippen LogP contribution < -0.4 is 0 Å². The average Bonchev–Trinajstić information content (AvgIpc) is 2.54. The lowest BCUT2D eigenvalue weighted by molar-refractivity contribution is 0.00859. The van der Waals surface area contributed by atoms with Gasteiger partial charge in [0.25, 0.3) is 0 Å². The maximum Gasteiger partial charge on any atom is 0.0991 e. The van der Waals surface area contributed by atoms with Crippen LogP contribution in [0, 0.1) is 0 Å². The Balaban J connectivity index is 2.15. The van der Waals surface area contributed by atoms with Gasteiger partial charge in [-0.2, -0.15) is 0 Å². The molecule has 0 spiro atoms. The molecule has 5 atom stereocenters. The summed E-state index contributed by atoms with van der Waals surface area (Å²) in [6, 6.07) is -0.612. The minimum absolute atomic E-state index is 0.179. The van der Waals surface area contributed by atoms with Crippen molar-refractivity contribution in [3.05, 3.63) is 0 Å². The molecule has 2 rings (SSSR count). The Morgan fingerprint density at radius 3 is 2.46 bits per heavy atom. The van der Waals surface area contributed by atoms with Crippen molar-refractivity contribution in [3.8, 4) is 0 Å². The highest BCUT2D eigenvalue weighted by Crippen LogP contribution is 2.32. The molecule has 2 saturated heterocycles. The van der Waals surface area contributed by atoms with Gasteiger partial charge >= 0.3 is 0 Å². The van der Waals surface area contributed by atoms with Gasteiger partial charge in [-0.3, -0.25) is 4.90 Å². The summed E-state index contributed by atoms with van der Waals surface area (Å²) in [6.45, 7) is 0.255. The van der Waals surface area contributed by atoms with Crippen molar-refractivity contribution in [1.29, 1.82) is 0 Å². The van der Waals surface area contributed by atoms with Gasteiger partial charge in [-0.15, -0.1) is 0 Å². The third-order valence-corrected chi connectivity index (χ3v) is 3.11. The predicted octanol–water partition coefficient (Wildman–Crippen LogP) is -2.48. The van der Waals surface area contributed by atoms with E-state index in [2.05, 4.69) is 0 Å². The maximum absolute atomic E-state index is 9.57. The van der Waals surface area contributed by atoms with Crippen LogP contribution in [-0.2, 0) is 0 Å². The molecule has 2 heterocycles. The zero-order chi connectivity index (χ0) is 9.59. The molecule has 76 valence electrons. The van der Waals surface area contributed by atoms with Crippen molar-refractivity contribution < 1.29 is 20.4 Å². The van der Waals surface area contributed by atoms with E-state index in [0.717, 1.165) is 0 Å². The normalized spacial score (nSPS) is 51.2. The van der Waals surface area contributed by atoms with E-state index < -0.39 is 24.4 Å². The van der Waals surface area contributed by atoms with Crippen LogP contribution in [0.2, 0.25) is 0 Å². The van der Waals surface area contributed by atoms with Gasteiger partial charge in [0.05, 0.1) is 31.0 Å². The van der Waals surface area contributed by atoms with Crippen LogP contribution in [0.1, 0.15) is 6.42 Å². The first-order chi connectivity index (χ1) is 6.15. The first-order valence-corrected chi connectivity index (χ1v) is 4.56. The molecule has 0 radical (unpaired) electrons. The largest absolute Gasteiger partial charge is 0.395 e. The van der Waals surface area contributed by atoms with Crippen molar-refractivity contribution in [2.45, 2.75) is 36.8 Å². The van der Waals surface area contributed by atoms with E-state index in [0.29, 0.717) is 13.0 Å². The van der Waals surface area contributed by atoms with Gasteiger partial charge in [-0.1, -0.05) is 0 Å². The minimum Gasteiger partial charge on any atom is -0.395 e. The zero-order valence-corrected chi connectivity index (χ0v) is 7.24. The monoisotopic (exact) mass is 189 g/mol. The molecular formula is C8H15NO4. The SMILES string of the molecule is OC[C@@H]1[C@H](O)[C@H](O)[C@H]2C[C@@H](O)CN12. The van der Waals surface area contributed by atoms with Crippen LogP contribution in [0.15, 0.2) is 0 Å². The number of fused-ring (bicyclic) bond motifs is 1. The van der Waals surface area contributed by atoms with E-state index in [4.69, 9.17) is 5.11 Å². The molecule has 0 saturated carbocycles. The van der Waals surface area contributed by atoms with Crippen LogP contribution in [0.4, 0.5) is 0 Å². The Morgan fingerprint density at radius 1 is 1.15 bits per heavy atom. The Bertz CT molecular complexity index is 199. The number of rotatable bonds is 1. The summed E-state index contributed by atoms with van der Waals surface area (Å²) in [5.41, 5.74) is 0. The van der Waals surface area contributed by atoms with Crippen molar-refractivity contribution >= 4 is 0 Å². The van der Waals surface area contributed by atoms with Crippen molar-refractivity contribution in [3.63, 3.8) is 0 Å². The fourth-order valence-electron chi connectivity index (χ4n) is 2.45. The fourth-order valence-corrected chi connectivity index (χ4v) is 2.45. The lowest BCUT2D eigenvalue weighted by atomic mass is 10.0. The first kappa shape index (κ1) is 9.36. The van der Waals surface area contributed by atoms with E-state index in [1.165, 1.54) is 0 Å². The molecular weight excluding hydrogens is 174 g/mol. The molecule has 13 heavy (non-hydrogen) atoms. The quantitative estimate of drug-likeness (QED) is 0.367. The van der Waals surface area contributed by atoms with Crippen LogP contribution in [0.5, 0.6) is 0 Å². The zero-order valence-electron chi connectivity index (χ0n) is 7.24. The van der Waals surface area contributed by atoms with E-state index in [1.807, 2.05) is 0 Å². The minimum atomic E-state index is -0.887. The highest BCUT2D eigenvalue weighted by molar-refractivity contribution is 5.05. The molecule has 5 heteroatoms. The molecule has 0 aromatic heterocycles. The Kier molecular flexibility index (Phi) is 2.29. The van der Waals surface area contributed by atoms with E-state index in [9.17, 15) is 15.3 Å². The van der Waals surface area contributed by atoms with Gasteiger partial charge in [-0.25, -0.2) is 0 Å². The van der Waals surface area contributed by atoms with Gasteiger partial charge in [-0.05, 0) is 6.42 Å². The molecule has 2 aliphatic rings. The number of hydrogen-bond donors (Lipinski definition) is 4. The summed E-state index contributed by atoms with van der Waals surface area (Å²) < 4.78 is 0. The van der Waals surface area contributed by atoms with Crippen LogP contribution in [0.3, 0.4) is 0 Å². The summed E-state index contributed by atoms with van der Waals surface area (Å²) in [6.07, 6.45) is -1.69. The van der Waals surface area contributed by atoms with E-state index >= 15 is 0 Å². The molecule has 5 nitrogen and oxygen atoms in total. The van der Waals surface area contributed by atoms with Gasteiger partial charge in [0, 0.05) is 12.6 Å². The van der Waals surface area contributed by atoms with Gasteiger partial charge in [0.2, 0.25) is 0 Å². The van der Waals surface area contributed by atoms with Gasteiger partial charge in [0.15, 0.2) is 0 Å². The van der Waals surface area contributed by atoms with Crippen LogP contribution >= 0.6 is 0 Å². The molecule has 2 fully saturated rings. The maximum atomic E-state index is 9.57. The van der Waals surface area contributed by atoms with Crippen LogP contribution in [0.25, 0.3) is 0 Å². The Hall–Kier alpha value is -0.200. The first-order valence-electron chi connectivity index (χ1n) is 4.56. The summed E-state index contributed by atoms with van der Waals surface area (Å²) in [7, 11) is 0. The third kappa shape index (κ3) is 1.28. The second-order valence-electron chi connectivity index (χ2n) is 3.88. The van der Waals surface area contributed by atoms with Crippen molar-refractivity contribution in [2.75, 3.05) is 13.2 Å². The van der Waals surface area contributed by atoms with Crippen molar-refractivity contribution in [2.24, 2.45) is 0 Å². The molecule has 0 bridgehead atoms. The van der Waals surface area contributed by atoms with Crippen molar-refractivity contribution in [1.82, 2.24) is 4.90 Å². The summed E-state index contributed by atoms with van der Waals surface area (Å²) >= 11 is 0. The second kappa shape index (κ2) is 3.18. The second-order valence-corrected chi connectivity index (χ2v) is 3.88. The Morgan fingerprint density at radius 2 is 1.85 bits per heavy atom. The van der Waals surface area contributed by atoms with E-state index in [1.54, 1.807) is 4.90 Å². The highest BCUT2D eigenvalue weighted by Gasteiger charge is 2.51. The van der Waals surface area contributed by atoms with Gasteiger partial charge in [0.1, 0.15) is 0 Å². The highest BCUT2D eigenvalue weighted by atomic mass is 16.3. The molecule has 0 aromatic rings. The average molecular weight is 189 g/mol. The molecule has 0 amide bonds. The predicted molar refractivity (Wildman–Crippen MR) is 44.0 cm³/mol. The molecule has 4 N–H and O–H groups in total.